The molecule has 0 aromatic rings. The van der Waals surface area contributed by atoms with E-state index in [0.29, 0.717) is 0 Å². The van der Waals surface area contributed by atoms with Crippen LogP contribution in [0.1, 0.15) is 6.42 Å². The molecule has 0 unspecified atom stereocenters. The molecule has 0 aliphatic rings. The minimum absolute atomic E-state index is 0.602. The molecular weight excluding hydrogens is 316 g/mol. The molecule has 0 spiro atoms. The van der Waals surface area contributed by atoms with Crippen LogP contribution in [0.2, 0.25) is 0 Å². The van der Waals surface area contributed by atoms with Gasteiger partial charge >= 0.3 is 11.9 Å². The SMILES string of the molecule is N[C@@H](CC(=O)O)C(=O)NCC(=O)N[C@@H](CO)C(=O)NCC(=O)O. The lowest BCUT2D eigenvalue weighted by Crippen LogP contribution is -2.53. The lowest BCUT2D eigenvalue weighted by Gasteiger charge is -2.16. The molecule has 23 heavy (non-hydrogen) atoms. The molecule has 0 aromatic heterocycles. The Bertz CT molecular complexity index is 481. The second kappa shape index (κ2) is 10.1. The Morgan fingerprint density at radius 3 is 1.96 bits per heavy atom. The lowest BCUT2D eigenvalue weighted by molar-refractivity contribution is -0.139. The van der Waals surface area contributed by atoms with Crippen LogP contribution in [-0.4, -0.2) is 76.8 Å². The van der Waals surface area contributed by atoms with E-state index < -0.39 is 67.9 Å². The van der Waals surface area contributed by atoms with Crippen LogP contribution in [0, 0.1) is 0 Å². The molecule has 0 aliphatic carbocycles. The molecule has 0 heterocycles. The number of aliphatic carboxylic acids is 2. The highest BCUT2D eigenvalue weighted by atomic mass is 16.4. The van der Waals surface area contributed by atoms with Crippen molar-refractivity contribution in [2.45, 2.75) is 18.5 Å². The number of hydrogen-bond donors (Lipinski definition) is 7. The number of amides is 3. The Hall–Kier alpha value is -2.73. The summed E-state index contributed by atoms with van der Waals surface area (Å²) in [6.45, 7) is -2.08. The van der Waals surface area contributed by atoms with Crippen molar-refractivity contribution < 1.29 is 39.3 Å². The quantitative estimate of drug-likeness (QED) is 0.205. The number of carbonyl (C=O) groups is 5. The van der Waals surface area contributed by atoms with Crippen molar-refractivity contribution >= 4 is 29.7 Å². The van der Waals surface area contributed by atoms with Crippen LogP contribution < -0.4 is 21.7 Å². The molecule has 0 aromatic carbocycles. The van der Waals surface area contributed by atoms with Crippen molar-refractivity contribution in [3.8, 4) is 0 Å². The fourth-order valence-corrected chi connectivity index (χ4v) is 1.30. The van der Waals surface area contributed by atoms with E-state index in [9.17, 15) is 24.0 Å². The Kier molecular flexibility index (Phi) is 8.88. The molecular formula is C11H18N4O8. The van der Waals surface area contributed by atoms with Gasteiger partial charge in [-0.2, -0.15) is 0 Å². The van der Waals surface area contributed by atoms with Crippen molar-refractivity contribution in [1.82, 2.24) is 16.0 Å². The predicted octanol–water partition coefficient (Wildman–Crippen LogP) is -4.42. The van der Waals surface area contributed by atoms with Crippen molar-refractivity contribution in [3.05, 3.63) is 0 Å². The maximum atomic E-state index is 11.5. The number of carboxylic acid groups (broad SMARTS) is 2. The number of aliphatic hydroxyl groups is 1. The van der Waals surface area contributed by atoms with Crippen LogP contribution in [0.25, 0.3) is 0 Å². The lowest BCUT2D eigenvalue weighted by atomic mass is 10.2. The smallest absolute Gasteiger partial charge is 0.322 e. The Morgan fingerprint density at radius 2 is 1.48 bits per heavy atom. The Morgan fingerprint density at radius 1 is 0.913 bits per heavy atom. The zero-order valence-corrected chi connectivity index (χ0v) is 11.9. The number of nitrogens with one attached hydrogen (secondary N) is 3. The number of carbonyl (C=O) groups excluding carboxylic acids is 3. The van der Waals surface area contributed by atoms with Crippen LogP contribution >= 0.6 is 0 Å². The van der Waals surface area contributed by atoms with Gasteiger partial charge in [0, 0.05) is 0 Å². The van der Waals surface area contributed by atoms with E-state index in [0.717, 1.165) is 0 Å². The van der Waals surface area contributed by atoms with Crippen LogP contribution in [0.3, 0.4) is 0 Å². The monoisotopic (exact) mass is 334 g/mol. The summed E-state index contributed by atoms with van der Waals surface area (Å²) in [5, 5.41) is 31.9. The number of rotatable bonds is 10. The van der Waals surface area contributed by atoms with Gasteiger partial charge in [0.15, 0.2) is 0 Å². The maximum absolute atomic E-state index is 11.5. The largest absolute Gasteiger partial charge is 0.481 e. The van der Waals surface area contributed by atoms with Gasteiger partial charge < -0.3 is 37.0 Å². The minimum Gasteiger partial charge on any atom is -0.481 e. The average Bonchev–Trinajstić information content (AvgIpc) is 2.46. The molecule has 2 atom stereocenters. The first-order valence-corrected chi connectivity index (χ1v) is 6.32. The molecule has 12 heteroatoms. The van der Waals surface area contributed by atoms with Crippen LogP contribution in [0.5, 0.6) is 0 Å². The number of hydrogen-bond acceptors (Lipinski definition) is 7. The molecule has 12 nitrogen and oxygen atoms in total. The predicted molar refractivity (Wildman–Crippen MR) is 72.9 cm³/mol. The van der Waals surface area contributed by atoms with Gasteiger partial charge in [0.25, 0.3) is 0 Å². The van der Waals surface area contributed by atoms with E-state index in [1.54, 1.807) is 0 Å². The van der Waals surface area contributed by atoms with Gasteiger partial charge in [-0.05, 0) is 0 Å². The highest BCUT2D eigenvalue weighted by Crippen LogP contribution is 1.88. The van der Waals surface area contributed by atoms with E-state index in [2.05, 4.69) is 10.6 Å². The number of nitrogens with two attached hydrogens (primary N) is 1. The van der Waals surface area contributed by atoms with Gasteiger partial charge in [0.1, 0.15) is 12.6 Å². The summed E-state index contributed by atoms with van der Waals surface area (Å²) >= 11 is 0. The summed E-state index contributed by atoms with van der Waals surface area (Å²) in [4.78, 5) is 55.0. The molecule has 3 amide bonds. The summed E-state index contributed by atoms with van der Waals surface area (Å²) in [6, 6.07) is -2.74. The van der Waals surface area contributed by atoms with Gasteiger partial charge in [-0.15, -0.1) is 0 Å². The summed E-state index contributed by atoms with van der Waals surface area (Å²) in [6.07, 6.45) is -0.621. The molecule has 130 valence electrons. The highest BCUT2D eigenvalue weighted by molar-refractivity contribution is 5.92. The van der Waals surface area contributed by atoms with Crippen LogP contribution in [0.15, 0.2) is 0 Å². The van der Waals surface area contributed by atoms with Crippen molar-refractivity contribution in [1.29, 1.82) is 0 Å². The molecule has 0 saturated carbocycles. The van der Waals surface area contributed by atoms with E-state index in [1.165, 1.54) is 0 Å². The van der Waals surface area contributed by atoms with Gasteiger partial charge in [-0.25, -0.2) is 0 Å². The molecule has 0 rings (SSSR count). The van der Waals surface area contributed by atoms with Gasteiger partial charge in [-0.1, -0.05) is 0 Å². The second-order valence-electron chi connectivity index (χ2n) is 4.34. The average molecular weight is 334 g/mol. The zero-order valence-electron chi connectivity index (χ0n) is 11.9. The van der Waals surface area contributed by atoms with E-state index >= 15 is 0 Å². The maximum Gasteiger partial charge on any atom is 0.322 e. The molecule has 0 fully saturated rings. The normalized spacial score (nSPS) is 12.6. The van der Waals surface area contributed by atoms with E-state index in [-0.39, 0.29) is 0 Å². The fraction of sp³-hybridized carbons (Fsp3) is 0.545. The van der Waals surface area contributed by atoms with E-state index in [4.69, 9.17) is 21.1 Å². The standard InChI is InChI=1S/C11H18N4O8/c12-5(1-8(18)19)10(22)13-2-7(17)15-6(4-16)11(23)14-3-9(20)21/h5-6,16H,1-4,12H2,(H,13,22)(H,14,23)(H,15,17)(H,18,19)(H,20,21)/t5-,6-/m0/s1. The second-order valence-corrected chi connectivity index (χ2v) is 4.34. The summed E-state index contributed by atoms with van der Waals surface area (Å²) in [5.41, 5.74) is 5.26. The fourth-order valence-electron chi connectivity index (χ4n) is 1.30. The first kappa shape index (κ1) is 20.3. The number of carboxylic acids is 2. The Balaban J connectivity index is 4.29. The molecule has 8 N–H and O–H groups in total. The Labute approximate surface area is 130 Å². The third-order valence-electron chi connectivity index (χ3n) is 2.40. The minimum atomic E-state index is -1.40. The summed E-state index contributed by atoms with van der Waals surface area (Å²) in [5.74, 6) is -5.24. The molecule has 0 saturated heterocycles. The first-order valence-electron chi connectivity index (χ1n) is 6.32. The van der Waals surface area contributed by atoms with Crippen molar-refractivity contribution in [3.63, 3.8) is 0 Å². The van der Waals surface area contributed by atoms with Gasteiger partial charge in [0.05, 0.1) is 25.6 Å². The first-order chi connectivity index (χ1) is 10.7. The van der Waals surface area contributed by atoms with Crippen molar-refractivity contribution in [2.75, 3.05) is 19.7 Å². The third-order valence-corrected chi connectivity index (χ3v) is 2.40. The summed E-state index contributed by atoms with van der Waals surface area (Å²) < 4.78 is 0. The third kappa shape index (κ3) is 9.00. The van der Waals surface area contributed by atoms with Gasteiger partial charge in [-0.3, -0.25) is 24.0 Å². The van der Waals surface area contributed by atoms with Crippen LogP contribution in [-0.2, 0) is 24.0 Å². The highest BCUT2D eigenvalue weighted by Gasteiger charge is 2.22. The number of aliphatic hydroxyl groups excluding tert-OH is 1. The summed E-state index contributed by atoms with van der Waals surface area (Å²) in [7, 11) is 0. The molecule has 0 bridgehead atoms. The zero-order chi connectivity index (χ0) is 18.0. The molecule has 0 aliphatic heterocycles. The van der Waals surface area contributed by atoms with Gasteiger partial charge in [0.2, 0.25) is 17.7 Å². The van der Waals surface area contributed by atoms with Crippen LogP contribution in [0.4, 0.5) is 0 Å². The molecule has 0 radical (unpaired) electrons. The topological polar surface area (TPSA) is 208 Å². The van der Waals surface area contributed by atoms with E-state index in [1.807, 2.05) is 5.32 Å². The van der Waals surface area contributed by atoms with Crippen molar-refractivity contribution in [2.24, 2.45) is 5.73 Å².